The molecule has 2 aromatic heterocycles. The maximum Gasteiger partial charge on any atom is 0.154 e. The second-order valence-corrected chi connectivity index (χ2v) is 4.60. The summed E-state index contributed by atoms with van der Waals surface area (Å²) in [6.45, 7) is 4.23. The van der Waals surface area contributed by atoms with Gasteiger partial charge in [-0.2, -0.15) is 5.10 Å². The van der Waals surface area contributed by atoms with Crippen molar-refractivity contribution in [1.29, 1.82) is 0 Å². The first-order valence-electron chi connectivity index (χ1n) is 5.00. The molecule has 0 spiro atoms. The predicted octanol–water partition coefficient (Wildman–Crippen LogP) is 1.29. The highest BCUT2D eigenvalue weighted by molar-refractivity contribution is 5.35. The third-order valence-electron chi connectivity index (χ3n) is 2.41. The summed E-state index contributed by atoms with van der Waals surface area (Å²) in [5.41, 5.74) is 1.83. The first kappa shape index (κ1) is 10.1. The SMILES string of the molecule is CC(C)(CO)Cc1cnc2ccnn2c1. The van der Waals surface area contributed by atoms with E-state index in [1.807, 2.05) is 32.3 Å². The van der Waals surface area contributed by atoms with E-state index in [4.69, 9.17) is 0 Å². The van der Waals surface area contributed by atoms with Crippen LogP contribution in [0.15, 0.2) is 24.7 Å². The minimum atomic E-state index is -0.109. The molecule has 0 radical (unpaired) electrons. The molecule has 0 saturated carbocycles. The zero-order valence-electron chi connectivity index (χ0n) is 9.01. The van der Waals surface area contributed by atoms with Crippen LogP contribution < -0.4 is 0 Å². The van der Waals surface area contributed by atoms with E-state index < -0.39 is 0 Å². The van der Waals surface area contributed by atoms with E-state index in [1.165, 1.54) is 0 Å². The van der Waals surface area contributed by atoms with Gasteiger partial charge in [-0.15, -0.1) is 0 Å². The van der Waals surface area contributed by atoms with Crippen LogP contribution in [0.4, 0.5) is 0 Å². The Morgan fingerprint density at radius 1 is 1.47 bits per heavy atom. The summed E-state index contributed by atoms with van der Waals surface area (Å²) >= 11 is 0. The average Bonchev–Trinajstić information content (AvgIpc) is 2.64. The second kappa shape index (κ2) is 3.62. The zero-order chi connectivity index (χ0) is 10.9. The molecular formula is C11H15N3O. The summed E-state index contributed by atoms with van der Waals surface area (Å²) in [5.74, 6) is 0. The molecule has 0 aliphatic rings. The van der Waals surface area contributed by atoms with Gasteiger partial charge in [0, 0.05) is 25.1 Å². The van der Waals surface area contributed by atoms with E-state index in [9.17, 15) is 5.11 Å². The molecule has 1 N–H and O–H groups in total. The summed E-state index contributed by atoms with van der Waals surface area (Å²) in [5, 5.41) is 13.3. The summed E-state index contributed by atoms with van der Waals surface area (Å²) in [4.78, 5) is 4.28. The fourth-order valence-electron chi connectivity index (χ4n) is 1.55. The van der Waals surface area contributed by atoms with E-state index >= 15 is 0 Å². The van der Waals surface area contributed by atoms with Crippen molar-refractivity contribution in [2.45, 2.75) is 20.3 Å². The molecule has 4 nitrogen and oxygen atoms in total. The lowest BCUT2D eigenvalue weighted by atomic mass is 9.88. The number of nitrogens with zero attached hydrogens (tertiary/aromatic N) is 3. The molecule has 80 valence electrons. The van der Waals surface area contributed by atoms with Crippen LogP contribution in [0.25, 0.3) is 5.65 Å². The first-order valence-corrected chi connectivity index (χ1v) is 5.00. The molecule has 0 amide bonds. The molecule has 4 heteroatoms. The Kier molecular flexibility index (Phi) is 2.44. The van der Waals surface area contributed by atoms with Gasteiger partial charge in [-0.05, 0) is 17.4 Å². The number of rotatable bonds is 3. The largest absolute Gasteiger partial charge is 0.396 e. The third-order valence-corrected chi connectivity index (χ3v) is 2.41. The van der Waals surface area contributed by atoms with Gasteiger partial charge in [0.05, 0.1) is 6.20 Å². The van der Waals surface area contributed by atoms with Crippen LogP contribution in [0.2, 0.25) is 0 Å². The molecule has 15 heavy (non-hydrogen) atoms. The van der Waals surface area contributed by atoms with Crippen molar-refractivity contribution in [2.75, 3.05) is 6.61 Å². The molecule has 0 atom stereocenters. The monoisotopic (exact) mass is 205 g/mol. The van der Waals surface area contributed by atoms with E-state index in [1.54, 1.807) is 10.7 Å². The van der Waals surface area contributed by atoms with Gasteiger partial charge in [0.25, 0.3) is 0 Å². The van der Waals surface area contributed by atoms with Gasteiger partial charge < -0.3 is 5.11 Å². The summed E-state index contributed by atoms with van der Waals surface area (Å²) in [6, 6.07) is 1.86. The summed E-state index contributed by atoms with van der Waals surface area (Å²) in [7, 11) is 0. The van der Waals surface area contributed by atoms with Gasteiger partial charge in [-0.1, -0.05) is 13.8 Å². The Bertz CT molecular complexity index is 462. The molecule has 0 fully saturated rings. The van der Waals surface area contributed by atoms with E-state index in [-0.39, 0.29) is 12.0 Å². The Balaban J connectivity index is 2.28. The molecule has 2 rings (SSSR count). The number of aliphatic hydroxyl groups excluding tert-OH is 1. The molecule has 0 unspecified atom stereocenters. The molecule has 2 aromatic rings. The Labute approximate surface area is 88.6 Å². The van der Waals surface area contributed by atoms with Crippen molar-refractivity contribution in [2.24, 2.45) is 5.41 Å². The zero-order valence-corrected chi connectivity index (χ0v) is 9.01. The van der Waals surface area contributed by atoms with Crippen LogP contribution in [0.1, 0.15) is 19.4 Å². The van der Waals surface area contributed by atoms with Crippen LogP contribution in [-0.4, -0.2) is 26.3 Å². The van der Waals surface area contributed by atoms with E-state index in [0.29, 0.717) is 0 Å². The minimum Gasteiger partial charge on any atom is -0.396 e. The van der Waals surface area contributed by atoms with Crippen LogP contribution in [-0.2, 0) is 6.42 Å². The molecule has 0 bridgehead atoms. The summed E-state index contributed by atoms with van der Waals surface area (Å²) in [6.07, 6.45) is 6.32. The van der Waals surface area contributed by atoms with E-state index in [0.717, 1.165) is 17.6 Å². The molecule has 0 aliphatic carbocycles. The Morgan fingerprint density at radius 2 is 2.27 bits per heavy atom. The van der Waals surface area contributed by atoms with Crippen LogP contribution in [0.5, 0.6) is 0 Å². The van der Waals surface area contributed by atoms with Crippen molar-refractivity contribution < 1.29 is 5.11 Å². The van der Waals surface area contributed by atoms with Crippen molar-refractivity contribution in [3.63, 3.8) is 0 Å². The number of fused-ring (bicyclic) bond motifs is 1. The standard InChI is InChI=1S/C11H15N3O/c1-11(2,8-15)5-9-6-12-10-3-4-13-14(10)7-9/h3-4,6-7,15H,5,8H2,1-2H3. The van der Waals surface area contributed by atoms with Crippen molar-refractivity contribution in [1.82, 2.24) is 14.6 Å². The van der Waals surface area contributed by atoms with Gasteiger partial charge >= 0.3 is 0 Å². The van der Waals surface area contributed by atoms with E-state index in [2.05, 4.69) is 10.1 Å². The maximum atomic E-state index is 9.19. The van der Waals surface area contributed by atoms with Gasteiger partial charge in [0.2, 0.25) is 0 Å². The molecular weight excluding hydrogens is 190 g/mol. The normalized spacial score (nSPS) is 12.2. The van der Waals surface area contributed by atoms with Crippen molar-refractivity contribution in [3.8, 4) is 0 Å². The topological polar surface area (TPSA) is 50.4 Å². The third kappa shape index (κ3) is 2.15. The van der Waals surface area contributed by atoms with Crippen molar-refractivity contribution in [3.05, 3.63) is 30.2 Å². The highest BCUT2D eigenvalue weighted by Gasteiger charge is 2.17. The number of aromatic nitrogens is 3. The highest BCUT2D eigenvalue weighted by Crippen LogP contribution is 2.20. The average molecular weight is 205 g/mol. The molecule has 2 heterocycles. The highest BCUT2D eigenvalue weighted by atomic mass is 16.3. The second-order valence-electron chi connectivity index (χ2n) is 4.60. The van der Waals surface area contributed by atoms with Gasteiger partial charge in [-0.3, -0.25) is 0 Å². The first-order chi connectivity index (χ1) is 7.11. The molecule has 0 aromatic carbocycles. The minimum absolute atomic E-state index is 0.109. The smallest absolute Gasteiger partial charge is 0.154 e. The Hall–Kier alpha value is -1.42. The predicted molar refractivity (Wildman–Crippen MR) is 57.6 cm³/mol. The number of hydrogen-bond acceptors (Lipinski definition) is 3. The lowest BCUT2D eigenvalue weighted by molar-refractivity contribution is 0.159. The maximum absolute atomic E-state index is 9.19. The molecule has 0 saturated heterocycles. The number of hydrogen-bond donors (Lipinski definition) is 1. The van der Waals surface area contributed by atoms with Crippen LogP contribution >= 0.6 is 0 Å². The number of aliphatic hydroxyl groups is 1. The lowest BCUT2D eigenvalue weighted by Crippen LogP contribution is -2.20. The quantitative estimate of drug-likeness (QED) is 0.821. The molecule has 0 aliphatic heterocycles. The van der Waals surface area contributed by atoms with Gasteiger partial charge in [0.1, 0.15) is 0 Å². The summed E-state index contributed by atoms with van der Waals surface area (Å²) < 4.78 is 1.75. The van der Waals surface area contributed by atoms with Crippen LogP contribution in [0.3, 0.4) is 0 Å². The fourth-order valence-corrected chi connectivity index (χ4v) is 1.55. The lowest BCUT2D eigenvalue weighted by Gasteiger charge is -2.20. The van der Waals surface area contributed by atoms with Crippen molar-refractivity contribution >= 4 is 5.65 Å². The van der Waals surface area contributed by atoms with Gasteiger partial charge in [0.15, 0.2) is 5.65 Å². The van der Waals surface area contributed by atoms with Crippen LogP contribution in [0, 0.1) is 5.41 Å². The Morgan fingerprint density at radius 3 is 3.00 bits per heavy atom. The fraction of sp³-hybridized carbons (Fsp3) is 0.455. The van der Waals surface area contributed by atoms with Gasteiger partial charge in [-0.25, -0.2) is 9.50 Å².